The van der Waals surface area contributed by atoms with E-state index in [2.05, 4.69) is 55.4 Å². The van der Waals surface area contributed by atoms with Gasteiger partial charge in [-0.05, 0) is 91.0 Å². The number of rotatable bonds is 6. The van der Waals surface area contributed by atoms with Crippen molar-refractivity contribution in [2.45, 2.75) is 0 Å². The van der Waals surface area contributed by atoms with Crippen LogP contribution in [0.3, 0.4) is 0 Å². The van der Waals surface area contributed by atoms with Crippen molar-refractivity contribution in [3.63, 3.8) is 0 Å². The monoisotopic (exact) mass is 628 g/mol. The standard InChI is InChI=1S/C37H24N8OS/c46-34-22-28(18-19-29(34)33-23-43-21-5-20-38-37(43)40-33)44(25-12-10-24(11-13-25)36-39-32-8-3-4-9-35(32)47-36)26-14-16-27(17-15-26)45-41-30-6-1-2-7-31(30)42-45/h1-23,46H. The zero-order valence-corrected chi connectivity index (χ0v) is 25.5. The third-order valence-corrected chi connectivity index (χ3v) is 9.13. The Morgan fingerprint density at radius 2 is 1.34 bits per heavy atom. The lowest BCUT2D eigenvalue weighted by Gasteiger charge is -2.26. The molecule has 9 nitrogen and oxygen atoms in total. The van der Waals surface area contributed by atoms with Crippen LogP contribution >= 0.6 is 11.3 Å². The van der Waals surface area contributed by atoms with Crippen LogP contribution < -0.4 is 4.90 Å². The summed E-state index contributed by atoms with van der Waals surface area (Å²) < 4.78 is 2.99. The Kier molecular flexibility index (Phi) is 6.25. The molecule has 0 aliphatic heterocycles. The molecule has 0 fully saturated rings. The van der Waals surface area contributed by atoms with Gasteiger partial charge in [-0.15, -0.1) is 21.5 Å². The summed E-state index contributed by atoms with van der Waals surface area (Å²) in [6.45, 7) is 0. The van der Waals surface area contributed by atoms with Gasteiger partial charge in [0, 0.05) is 52.8 Å². The van der Waals surface area contributed by atoms with Gasteiger partial charge in [-0.1, -0.05) is 24.3 Å². The quantitative estimate of drug-likeness (QED) is 0.197. The molecule has 5 aromatic carbocycles. The summed E-state index contributed by atoms with van der Waals surface area (Å²) in [5.41, 5.74) is 8.44. The number of imidazole rings is 1. The molecule has 0 radical (unpaired) electrons. The van der Waals surface area contributed by atoms with Crippen molar-refractivity contribution in [2.24, 2.45) is 0 Å². The molecular formula is C37H24N8OS. The second-order valence-electron chi connectivity index (χ2n) is 11.0. The van der Waals surface area contributed by atoms with E-state index in [1.165, 1.54) is 0 Å². The van der Waals surface area contributed by atoms with Gasteiger partial charge in [0.05, 0.1) is 21.6 Å². The van der Waals surface area contributed by atoms with Gasteiger partial charge in [0.1, 0.15) is 21.8 Å². The number of fused-ring (bicyclic) bond motifs is 3. The van der Waals surface area contributed by atoms with Gasteiger partial charge in [0.2, 0.25) is 5.78 Å². The number of nitrogens with zero attached hydrogens (tertiary/aromatic N) is 8. The van der Waals surface area contributed by atoms with E-state index in [9.17, 15) is 5.11 Å². The molecule has 0 spiro atoms. The van der Waals surface area contributed by atoms with Crippen molar-refractivity contribution in [1.29, 1.82) is 0 Å². The summed E-state index contributed by atoms with van der Waals surface area (Å²) in [6.07, 6.45) is 5.45. The molecule has 0 aliphatic rings. The number of para-hydroxylation sites is 1. The minimum Gasteiger partial charge on any atom is -0.507 e. The third kappa shape index (κ3) is 4.84. The second-order valence-corrected chi connectivity index (χ2v) is 12.0. The number of aromatic nitrogens is 7. The molecule has 9 rings (SSSR count). The molecule has 0 amide bonds. The number of thiazole rings is 1. The van der Waals surface area contributed by atoms with Gasteiger partial charge < -0.3 is 10.0 Å². The first-order valence-corrected chi connectivity index (χ1v) is 15.8. The minimum absolute atomic E-state index is 0.117. The topological polar surface area (TPSA) is 97.3 Å². The fraction of sp³-hybridized carbons (Fsp3) is 0. The normalized spacial score (nSPS) is 11.5. The first kappa shape index (κ1) is 27.0. The van der Waals surface area contributed by atoms with Crippen molar-refractivity contribution in [2.75, 3.05) is 4.90 Å². The highest BCUT2D eigenvalue weighted by Crippen LogP contribution is 2.40. The molecule has 0 bridgehead atoms. The minimum atomic E-state index is 0.117. The molecule has 4 aromatic heterocycles. The lowest BCUT2D eigenvalue weighted by molar-refractivity contribution is 0.477. The highest BCUT2D eigenvalue weighted by atomic mass is 32.1. The molecule has 0 aliphatic carbocycles. The van der Waals surface area contributed by atoms with E-state index in [4.69, 9.17) is 4.98 Å². The van der Waals surface area contributed by atoms with Crippen molar-refractivity contribution >= 4 is 55.4 Å². The largest absolute Gasteiger partial charge is 0.507 e. The van der Waals surface area contributed by atoms with E-state index in [0.717, 1.165) is 54.6 Å². The maximum atomic E-state index is 11.3. The summed E-state index contributed by atoms with van der Waals surface area (Å²) in [5.74, 6) is 0.687. The zero-order valence-electron chi connectivity index (χ0n) is 24.7. The Morgan fingerprint density at radius 3 is 2.04 bits per heavy atom. The van der Waals surface area contributed by atoms with E-state index >= 15 is 0 Å². The number of hydrogen-bond acceptors (Lipinski definition) is 8. The van der Waals surface area contributed by atoms with Gasteiger partial charge >= 0.3 is 0 Å². The van der Waals surface area contributed by atoms with Gasteiger partial charge in [0.15, 0.2) is 0 Å². The van der Waals surface area contributed by atoms with Gasteiger partial charge in [-0.2, -0.15) is 4.80 Å². The average Bonchev–Trinajstić information content (AvgIpc) is 3.86. The Labute approximate surface area is 272 Å². The molecule has 10 heteroatoms. The number of phenols is 1. The highest BCUT2D eigenvalue weighted by molar-refractivity contribution is 7.21. The van der Waals surface area contributed by atoms with Gasteiger partial charge in [-0.3, -0.25) is 4.40 Å². The predicted octanol–water partition coefficient (Wildman–Crippen LogP) is 8.58. The highest BCUT2D eigenvalue weighted by Gasteiger charge is 2.18. The number of aromatic hydroxyl groups is 1. The van der Waals surface area contributed by atoms with Crippen molar-refractivity contribution in [3.8, 4) is 33.3 Å². The van der Waals surface area contributed by atoms with Crippen LogP contribution in [0.4, 0.5) is 17.1 Å². The molecule has 224 valence electrons. The molecule has 47 heavy (non-hydrogen) atoms. The van der Waals surface area contributed by atoms with Crippen LogP contribution in [0.15, 0.2) is 140 Å². The van der Waals surface area contributed by atoms with Crippen LogP contribution in [0, 0.1) is 0 Å². The Bertz CT molecular complexity index is 2330. The van der Waals surface area contributed by atoms with E-state index in [-0.39, 0.29) is 5.75 Å². The molecule has 1 N–H and O–H groups in total. The van der Waals surface area contributed by atoms with Crippen LogP contribution in [-0.2, 0) is 0 Å². The maximum Gasteiger partial charge on any atom is 0.234 e. The van der Waals surface area contributed by atoms with E-state index < -0.39 is 0 Å². The second kappa shape index (κ2) is 10.9. The molecule has 0 unspecified atom stereocenters. The third-order valence-electron chi connectivity index (χ3n) is 8.04. The summed E-state index contributed by atoms with van der Waals surface area (Å²) >= 11 is 1.68. The Morgan fingerprint density at radius 1 is 0.660 bits per heavy atom. The first-order chi connectivity index (χ1) is 23.2. The van der Waals surface area contributed by atoms with Crippen LogP contribution in [0.1, 0.15) is 0 Å². The van der Waals surface area contributed by atoms with E-state index in [1.54, 1.807) is 28.4 Å². The molecule has 9 aromatic rings. The molecular weight excluding hydrogens is 605 g/mol. The fourth-order valence-corrected chi connectivity index (χ4v) is 6.71. The zero-order chi connectivity index (χ0) is 31.3. The SMILES string of the molecule is Oc1cc(N(c2ccc(-c3nc4ccccc4s3)cc2)c2ccc(-n3nc4ccccc4n3)cc2)ccc1-c1cn2cccnc2n1. The smallest absolute Gasteiger partial charge is 0.234 e. The van der Waals surface area contributed by atoms with Crippen LogP contribution in [-0.4, -0.2) is 39.5 Å². The number of phenolic OH excluding ortho intramolecular Hbond substituents is 1. The predicted molar refractivity (Wildman–Crippen MR) is 186 cm³/mol. The molecule has 0 atom stereocenters. The van der Waals surface area contributed by atoms with Crippen molar-refractivity contribution in [3.05, 3.63) is 140 Å². The Balaban J connectivity index is 1.11. The molecule has 0 saturated heterocycles. The number of benzene rings is 5. The average molecular weight is 629 g/mol. The first-order valence-electron chi connectivity index (χ1n) is 15.0. The van der Waals surface area contributed by atoms with Crippen molar-refractivity contribution < 1.29 is 5.11 Å². The lowest BCUT2D eigenvalue weighted by atomic mass is 10.1. The summed E-state index contributed by atoms with van der Waals surface area (Å²) in [6, 6.07) is 39.9. The molecule has 4 heterocycles. The fourth-order valence-electron chi connectivity index (χ4n) is 5.74. The van der Waals surface area contributed by atoms with Crippen LogP contribution in [0.2, 0.25) is 0 Å². The summed E-state index contributed by atoms with van der Waals surface area (Å²) in [7, 11) is 0. The summed E-state index contributed by atoms with van der Waals surface area (Å²) in [4.78, 5) is 17.5. The number of anilines is 3. The maximum absolute atomic E-state index is 11.3. The summed E-state index contributed by atoms with van der Waals surface area (Å²) in [5, 5.41) is 21.6. The molecule has 0 saturated carbocycles. The number of hydrogen-bond donors (Lipinski definition) is 1. The van der Waals surface area contributed by atoms with E-state index in [1.807, 2.05) is 102 Å². The van der Waals surface area contributed by atoms with Gasteiger partial charge in [-0.25, -0.2) is 15.0 Å². The van der Waals surface area contributed by atoms with Crippen LogP contribution in [0.5, 0.6) is 5.75 Å². The Hall–Kier alpha value is -6.39. The van der Waals surface area contributed by atoms with E-state index in [0.29, 0.717) is 17.0 Å². The van der Waals surface area contributed by atoms with Crippen LogP contribution in [0.25, 0.3) is 54.5 Å². The van der Waals surface area contributed by atoms with Gasteiger partial charge in [0.25, 0.3) is 0 Å². The lowest BCUT2D eigenvalue weighted by Crippen LogP contribution is -2.10. The van der Waals surface area contributed by atoms with Crippen molar-refractivity contribution in [1.82, 2.24) is 34.3 Å².